The smallest absolute Gasteiger partial charge is 0.240 e. The van der Waals surface area contributed by atoms with E-state index in [9.17, 15) is 0 Å². The summed E-state index contributed by atoms with van der Waals surface area (Å²) in [5.74, 6) is 1.07. The minimum Gasteiger partial charge on any atom is -0.459 e. The fourth-order valence-corrected chi connectivity index (χ4v) is 0.939. The van der Waals surface area contributed by atoms with E-state index in [4.69, 9.17) is 14.6 Å². The molecular formula is C8H14O3. The van der Waals surface area contributed by atoms with E-state index >= 15 is 0 Å². The zero-order chi connectivity index (χ0) is 8.27. The second kappa shape index (κ2) is 3.62. The molecule has 0 fully saturated rings. The van der Waals surface area contributed by atoms with Crippen molar-refractivity contribution in [2.45, 2.75) is 26.6 Å². The van der Waals surface area contributed by atoms with Crippen LogP contribution >= 0.6 is 0 Å². The first-order valence-corrected chi connectivity index (χ1v) is 3.84. The Morgan fingerprint density at radius 2 is 2.36 bits per heavy atom. The molecule has 0 aromatic heterocycles. The molecule has 1 atom stereocenters. The molecular weight excluding hydrogens is 144 g/mol. The second-order valence-corrected chi connectivity index (χ2v) is 3.06. The molecule has 0 bridgehead atoms. The van der Waals surface area contributed by atoms with Gasteiger partial charge in [-0.1, -0.05) is 13.8 Å². The van der Waals surface area contributed by atoms with E-state index in [2.05, 4.69) is 13.8 Å². The number of ether oxygens (including phenoxy) is 2. The molecule has 1 unspecified atom stereocenters. The van der Waals surface area contributed by atoms with Gasteiger partial charge in [-0.3, -0.25) is 0 Å². The molecule has 0 aromatic rings. The number of aliphatic hydroxyl groups is 1. The summed E-state index contributed by atoms with van der Waals surface area (Å²) in [4.78, 5) is 0. The molecule has 1 N–H and O–H groups in total. The molecule has 1 aliphatic heterocycles. The lowest BCUT2D eigenvalue weighted by atomic mass is 10.1. The summed E-state index contributed by atoms with van der Waals surface area (Å²) >= 11 is 0. The topological polar surface area (TPSA) is 38.7 Å². The highest BCUT2D eigenvalue weighted by Gasteiger charge is 2.19. The molecule has 0 amide bonds. The highest BCUT2D eigenvalue weighted by atomic mass is 16.7. The predicted molar refractivity (Wildman–Crippen MR) is 40.6 cm³/mol. The third-order valence-electron chi connectivity index (χ3n) is 1.45. The van der Waals surface area contributed by atoms with Crippen molar-refractivity contribution >= 4 is 0 Å². The van der Waals surface area contributed by atoms with E-state index in [-0.39, 0.29) is 12.9 Å². The first kappa shape index (κ1) is 8.40. The summed E-state index contributed by atoms with van der Waals surface area (Å²) in [5, 5.41) is 8.64. The van der Waals surface area contributed by atoms with Gasteiger partial charge in [-0.05, 0) is 5.92 Å². The third-order valence-corrected chi connectivity index (χ3v) is 1.45. The Bertz CT molecular complexity index is 151. The normalized spacial score (nSPS) is 22.9. The van der Waals surface area contributed by atoms with Gasteiger partial charge in [0.15, 0.2) is 5.76 Å². The van der Waals surface area contributed by atoms with Crippen LogP contribution < -0.4 is 0 Å². The highest BCUT2D eigenvalue weighted by molar-refractivity contribution is 4.91. The molecule has 11 heavy (non-hydrogen) atoms. The molecule has 0 radical (unpaired) electrons. The van der Waals surface area contributed by atoms with Gasteiger partial charge in [0.25, 0.3) is 0 Å². The molecule has 3 heteroatoms. The summed E-state index contributed by atoms with van der Waals surface area (Å²) in [7, 11) is 0. The van der Waals surface area contributed by atoms with Gasteiger partial charge in [-0.25, -0.2) is 0 Å². The average molecular weight is 158 g/mol. The molecule has 0 aliphatic carbocycles. The van der Waals surface area contributed by atoms with Crippen molar-refractivity contribution in [3.63, 3.8) is 0 Å². The maximum absolute atomic E-state index is 8.64. The predicted octanol–water partition coefficient (Wildman–Crippen LogP) is 1.24. The molecule has 64 valence electrons. The van der Waals surface area contributed by atoms with E-state index in [1.807, 2.05) is 0 Å². The largest absolute Gasteiger partial charge is 0.459 e. The van der Waals surface area contributed by atoms with Gasteiger partial charge in [0.05, 0.1) is 0 Å². The molecule has 0 aromatic carbocycles. The van der Waals surface area contributed by atoms with Crippen molar-refractivity contribution in [2.75, 3.05) is 6.61 Å². The van der Waals surface area contributed by atoms with Gasteiger partial charge in [0, 0.05) is 6.42 Å². The summed E-state index contributed by atoms with van der Waals surface area (Å²) in [5.41, 5.74) is 0. The van der Waals surface area contributed by atoms with Crippen LogP contribution in [0.1, 0.15) is 20.3 Å². The van der Waals surface area contributed by atoms with Crippen molar-refractivity contribution in [1.82, 2.24) is 0 Å². The quantitative estimate of drug-likeness (QED) is 0.671. The van der Waals surface area contributed by atoms with E-state index in [1.54, 1.807) is 0 Å². The van der Waals surface area contributed by atoms with Crippen LogP contribution in [0.15, 0.2) is 12.0 Å². The standard InChI is InChI=1S/C8H14O3/c1-6(2)3-8-10-5-7(4-9)11-8/h5-6,8-9H,3-4H2,1-2H3. The van der Waals surface area contributed by atoms with Gasteiger partial charge in [0.1, 0.15) is 12.9 Å². The molecule has 1 heterocycles. The van der Waals surface area contributed by atoms with Gasteiger partial charge in [-0.15, -0.1) is 0 Å². The van der Waals surface area contributed by atoms with E-state index in [0.717, 1.165) is 6.42 Å². The number of hydrogen-bond donors (Lipinski definition) is 1. The lowest BCUT2D eigenvalue weighted by Gasteiger charge is -2.12. The first-order chi connectivity index (χ1) is 5.22. The van der Waals surface area contributed by atoms with Gasteiger partial charge in [0.2, 0.25) is 6.29 Å². The number of hydrogen-bond acceptors (Lipinski definition) is 3. The molecule has 0 saturated heterocycles. The molecule has 3 nitrogen and oxygen atoms in total. The highest BCUT2D eigenvalue weighted by Crippen LogP contribution is 2.19. The Morgan fingerprint density at radius 1 is 1.64 bits per heavy atom. The minimum absolute atomic E-state index is 0.0748. The number of rotatable bonds is 3. The second-order valence-electron chi connectivity index (χ2n) is 3.06. The lowest BCUT2D eigenvalue weighted by Crippen LogP contribution is -2.12. The van der Waals surface area contributed by atoms with Crippen LogP contribution in [0.5, 0.6) is 0 Å². The molecule has 0 spiro atoms. The Hall–Kier alpha value is -0.700. The summed E-state index contributed by atoms with van der Waals surface area (Å²) < 4.78 is 10.3. The monoisotopic (exact) mass is 158 g/mol. The SMILES string of the molecule is CC(C)CC1OC=C(CO)O1. The van der Waals surface area contributed by atoms with Crippen molar-refractivity contribution in [2.24, 2.45) is 5.92 Å². The van der Waals surface area contributed by atoms with Crippen LogP contribution in [0.4, 0.5) is 0 Å². The Balaban J connectivity index is 2.24. The fraction of sp³-hybridized carbons (Fsp3) is 0.750. The zero-order valence-electron chi connectivity index (χ0n) is 6.91. The van der Waals surface area contributed by atoms with E-state index in [0.29, 0.717) is 11.7 Å². The Morgan fingerprint density at radius 3 is 2.82 bits per heavy atom. The maximum Gasteiger partial charge on any atom is 0.240 e. The van der Waals surface area contributed by atoms with Crippen LogP contribution in [0.25, 0.3) is 0 Å². The Kier molecular flexibility index (Phi) is 2.76. The first-order valence-electron chi connectivity index (χ1n) is 3.84. The van der Waals surface area contributed by atoms with Crippen molar-refractivity contribution in [1.29, 1.82) is 0 Å². The van der Waals surface area contributed by atoms with Gasteiger partial charge < -0.3 is 14.6 Å². The van der Waals surface area contributed by atoms with Crippen LogP contribution in [0.3, 0.4) is 0 Å². The summed E-state index contributed by atoms with van der Waals surface area (Å²) in [6, 6.07) is 0. The average Bonchev–Trinajstić information content (AvgIpc) is 2.34. The number of aliphatic hydroxyl groups excluding tert-OH is 1. The van der Waals surface area contributed by atoms with Crippen molar-refractivity contribution in [3.8, 4) is 0 Å². The molecule has 1 rings (SSSR count). The van der Waals surface area contributed by atoms with E-state index in [1.165, 1.54) is 6.26 Å². The van der Waals surface area contributed by atoms with Gasteiger partial charge >= 0.3 is 0 Å². The van der Waals surface area contributed by atoms with Gasteiger partial charge in [-0.2, -0.15) is 0 Å². The summed E-state index contributed by atoms with van der Waals surface area (Å²) in [6.07, 6.45) is 2.16. The molecule has 0 saturated carbocycles. The van der Waals surface area contributed by atoms with Crippen LogP contribution in [-0.4, -0.2) is 18.0 Å². The maximum atomic E-state index is 8.64. The Labute approximate surface area is 66.6 Å². The molecule has 1 aliphatic rings. The third kappa shape index (κ3) is 2.42. The zero-order valence-corrected chi connectivity index (χ0v) is 6.91. The summed E-state index contributed by atoms with van der Waals surface area (Å²) in [6.45, 7) is 4.13. The lowest BCUT2D eigenvalue weighted by molar-refractivity contribution is -0.0494. The van der Waals surface area contributed by atoms with E-state index < -0.39 is 0 Å². The van der Waals surface area contributed by atoms with Crippen molar-refractivity contribution < 1.29 is 14.6 Å². The van der Waals surface area contributed by atoms with Crippen molar-refractivity contribution in [3.05, 3.63) is 12.0 Å². The minimum atomic E-state index is -0.183. The van der Waals surface area contributed by atoms with Crippen LogP contribution in [0.2, 0.25) is 0 Å². The fourth-order valence-electron chi connectivity index (χ4n) is 0.939. The van der Waals surface area contributed by atoms with Crippen LogP contribution in [0, 0.1) is 5.92 Å². The van der Waals surface area contributed by atoms with Crippen LogP contribution in [-0.2, 0) is 9.47 Å².